The van der Waals surface area contributed by atoms with E-state index in [0.29, 0.717) is 0 Å². The molecule has 0 heterocycles. The summed E-state index contributed by atoms with van der Waals surface area (Å²) in [5, 5.41) is 0. The van der Waals surface area contributed by atoms with Crippen molar-refractivity contribution in [3.63, 3.8) is 0 Å². The molecule has 4 heteroatoms. The lowest BCUT2D eigenvalue weighted by atomic mass is 9.75. The molecule has 0 bridgehead atoms. The first kappa shape index (κ1) is 12.3. The zero-order chi connectivity index (χ0) is 9.99. The van der Waals surface area contributed by atoms with Crippen molar-refractivity contribution in [1.82, 2.24) is 0 Å². The van der Waals surface area contributed by atoms with Crippen LogP contribution in [0, 0.1) is 5.41 Å². The first-order valence-electron chi connectivity index (χ1n) is 4.10. The first-order valence-corrected chi connectivity index (χ1v) is 5.26. The minimum atomic E-state index is -2.26. The second-order valence-electron chi connectivity index (χ2n) is 4.09. The van der Waals surface area contributed by atoms with Gasteiger partial charge < -0.3 is 14.3 Å². The van der Waals surface area contributed by atoms with E-state index in [9.17, 15) is 0 Å². The highest BCUT2D eigenvalue weighted by Gasteiger charge is 2.38. The van der Waals surface area contributed by atoms with Crippen LogP contribution in [-0.4, -0.2) is 15.4 Å². The molecule has 0 saturated carbocycles. The molecule has 0 atom stereocenters. The Morgan fingerprint density at radius 2 is 1.58 bits per heavy atom. The summed E-state index contributed by atoms with van der Waals surface area (Å²) in [5.74, 6) is 0. The fraction of sp³-hybridized carbons (Fsp3) is 1.00. The average molecular weight is 194 g/mol. The highest BCUT2D eigenvalue weighted by atomic mass is 31.2. The summed E-state index contributed by atoms with van der Waals surface area (Å²) in [5.41, 5.74) is -0.560. The normalized spacial score (nSPS) is 14.0. The molecule has 74 valence electrons. The lowest BCUT2D eigenvalue weighted by Gasteiger charge is -2.40. The van der Waals surface area contributed by atoms with E-state index in [1.54, 1.807) is 0 Å². The molecular weight excluding hydrogens is 175 g/mol. The van der Waals surface area contributed by atoms with Crippen LogP contribution in [0.25, 0.3) is 0 Å². The van der Waals surface area contributed by atoms with Crippen molar-refractivity contribution in [2.75, 3.05) is 0 Å². The van der Waals surface area contributed by atoms with Gasteiger partial charge in [-0.05, 0) is 25.7 Å². The van der Waals surface area contributed by atoms with Crippen molar-refractivity contribution >= 4 is 8.60 Å². The van der Waals surface area contributed by atoms with Gasteiger partial charge in [0.25, 0.3) is 0 Å². The molecule has 0 fully saturated rings. The largest absolute Gasteiger partial charge is 0.328 e. The van der Waals surface area contributed by atoms with Gasteiger partial charge in [0.2, 0.25) is 0 Å². The summed E-state index contributed by atoms with van der Waals surface area (Å²) < 4.78 is 5.07. The molecular formula is C8H19O3P. The number of hydrogen-bond acceptors (Lipinski definition) is 3. The second kappa shape index (κ2) is 4.01. The molecule has 2 N–H and O–H groups in total. The molecule has 0 aromatic rings. The van der Waals surface area contributed by atoms with Crippen LogP contribution in [0.15, 0.2) is 0 Å². The van der Waals surface area contributed by atoms with E-state index in [1.165, 1.54) is 0 Å². The van der Waals surface area contributed by atoms with Crippen LogP contribution in [0.4, 0.5) is 0 Å². The van der Waals surface area contributed by atoms with Crippen LogP contribution in [-0.2, 0) is 4.52 Å². The minimum absolute atomic E-state index is 0.0565. The summed E-state index contributed by atoms with van der Waals surface area (Å²) in [7, 11) is -2.26. The van der Waals surface area contributed by atoms with Gasteiger partial charge in [0.05, 0.1) is 5.60 Å². The SMILES string of the molecule is CCC(C)(C)C(C)(C)OP(O)O. The van der Waals surface area contributed by atoms with Gasteiger partial charge >= 0.3 is 8.60 Å². The minimum Gasteiger partial charge on any atom is -0.328 e. The maximum atomic E-state index is 8.74. The lowest BCUT2D eigenvalue weighted by Crippen LogP contribution is -2.39. The van der Waals surface area contributed by atoms with Crippen molar-refractivity contribution in [2.24, 2.45) is 5.41 Å². The molecule has 0 rings (SSSR count). The van der Waals surface area contributed by atoms with E-state index < -0.39 is 14.2 Å². The lowest BCUT2D eigenvalue weighted by molar-refractivity contribution is -0.0212. The molecule has 3 nitrogen and oxygen atoms in total. The van der Waals surface area contributed by atoms with E-state index in [4.69, 9.17) is 14.3 Å². The van der Waals surface area contributed by atoms with Gasteiger partial charge in [-0.25, -0.2) is 0 Å². The highest BCUT2D eigenvalue weighted by Crippen LogP contribution is 2.44. The Morgan fingerprint density at radius 3 is 1.83 bits per heavy atom. The first-order chi connectivity index (χ1) is 5.23. The second-order valence-corrected chi connectivity index (χ2v) is 4.78. The fourth-order valence-electron chi connectivity index (χ4n) is 0.753. The van der Waals surface area contributed by atoms with E-state index in [0.717, 1.165) is 6.42 Å². The smallest absolute Gasteiger partial charge is 0.327 e. The molecule has 0 unspecified atom stereocenters. The van der Waals surface area contributed by atoms with Gasteiger partial charge in [0.1, 0.15) is 0 Å². The van der Waals surface area contributed by atoms with Gasteiger partial charge in [0.15, 0.2) is 0 Å². The molecule has 0 amide bonds. The quantitative estimate of drug-likeness (QED) is 0.676. The summed E-state index contributed by atoms with van der Waals surface area (Å²) in [6, 6.07) is 0. The topological polar surface area (TPSA) is 49.7 Å². The van der Waals surface area contributed by atoms with Gasteiger partial charge in [-0.2, -0.15) is 0 Å². The fourth-order valence-corrected chi connectivity index (χ4v) is 1.41. The van der Waals surface area contributed by atoms with Crippen molar-refractivity contribution in [1.29, 1.82) is 0 Å². The number of rotatable bonds is 4. The zero-order valence-electron chi connectivity index (χ0n) is 8.46. The van der Waals surface area contributed by atoms with Crippen LogP contribution in [0.5, 0.6) is 0 Å². The molecule has 0 aromatic carbocycles. The summed E-state index contributed by atoms with van der Waals surface area (Å²) in [6.07, 6.45) is 0.934. The zero-order valence-corrected chi connectivity index (χ0v) is 9.35. The summed E-state index contributed by atoms with van der Waals surface area (Å²) in [6.45, 7) is 9.90. The predicted molar refractivity (Wildman–Crippen MR) is 50.6 cm³/mol. The molecule has 0 radical (unpaired) electrons. The van der Waals surface area contributed by atoms with Gasteiger partial charge in [-0.1, -0.05) is 20.8 Å². The van der Waals surface area contributed by atoms with Gasteiger partial charge in [-0.15, -0.1) is 0 Å². The maximum absolute atomic E-state index is 8.74. The summed E-state index contributed by atoms with van der Waals surface area (Å²) in [4.78, 5) is 17.5. The third-order valence-corrected chi connectivity index (χ3v) is 3.44. The summed E-state index contributed by atoms with van der Waals surface area (Å²) >= 11 is 0. The third kappa shape index (κ3) is 2.98. The van der Waals surface area contributed by atoms with E-state index in [-0.39, 0.29) is 5.41 Å². The third-order valence-electron chi connectivity index (χ3n) is 2.82. The van der Waals surface area contributed by atoms with Crippen LogP contribution in [0.2, 0.25) is 0 Å². The van der Waals surface area contributed by atoms with Crippen molar-refractivity contribution < 1.29 is 14.3 Å². The Hall–Kier alpha value is 0.310. The molecule has 0 spiro atoms. The van der Waals surface area contributed by atoms with Crippen molar-refractivity contribution in [3.8, 4) is 0 Å². The van der Waals surface area contributed by atoms with Gasteiger partial charge in [0, 0.05) is 0 Å². The Morgan fingerprint density at radius 1 is 1.17 bits per heavy atom. The van der Waals surface area contributed by atoms with Crippen molar-refractivity contribution in [2.45, 2.75) is 46.6 Å². The molecule has 0 aliphatic rings. The molecule has 12 heavy (non-hydrogen) atoms. The predicted octanol–water partition coefficient (Wildman–Crippen LogP) is 2.43. The van der Waals surface area contributed by atoms with E-state index >= 15 is 0 Å². The maximum Gasteiger partial charge on any atom is 0.327 e. The van der Waals surface area contributed by atoms with E-state index in [1.807, 2.05) is 27.7 Å². The van der Waals surface area contributed by atoms with Crippen LogP contribution in [0.1, 0.15) is 41.0 Å². The van der Waals surface area contributed by atoms with Gasteiger partial charge in [-0.3, -0.25) is 0 Å². The Bertz CT molecular complexity index is 143. The molecule has 0 aromatic heterocycles. The highest BCUT2D eigenvalue weighted by molar-refractivity contribution is 7.39. The average Bonchev–Trinajstić information content (AvgIpc) is 1.84. The van der Waals surface area contributed by atoms with Crippen LogP contribution >= 0.6 is 8.60 Å². The molecule has 0 aliphatic heterocycles. The number of hydrogen-bond donors (Lipinski definition) is 2. The van der Waals surface area contributed by atoms with Crippen LogP contribution in [0.3, 0.4) is 0 Å². The monoisotopic (exact) mass is 194 g/mol. The molecule has 0 saturated heterocycles. The Labute approximate surface area is 75.8 Å². The van der Waals surface area contributed by atoms with Crippen molar-refractivity contribution in [3.05, 3.63) is 0 Å². The Kier molecular flexibility index (Phi) is 4.12. The van der Waals surface area contributed by atoms with E-state index in [2.05, 4.69) is 6.92 Å². The Balaban J connectivity index is 4.37. The molecule has 0 aliphatic carbocycles. The standard InChI is InChI=1S/C8H19O3P/c1-6-7(2,3)8(4,5)11-12(9)10/h9-10H,6H2,1-5H3. The van der Waals surface area contributed by atoms with Crippen LogP contribution < -0.4 is 0 Å².